The molecule has 4 aromatic rings. The lowest BCUT2D eigenvalue weighted by Gasteiger charge is -2.34. The second kappa shape index (κ2) is 9.48. The van der Waals surface area contributed by atoms with E-state index in [0.717, 1.165) is 39.7 Å². The number of rotatable bonds is 6. The van der Waals surface area contributed by atoms with E-state index >= 15 is 0 Å². The van der Waals surface area contributed by atoms with Gasteiger partial charge in [-0.05, 0) is 38.0 Å². The van der Waals surface area contributed by atoms with Crippen LogP contribution < -0.4 is 10.2 Å². The number of anilines is 2. The third-order valence-electron chi connectivity index (χ3n) is 6.91. The van der Waals surface area contributed by atoms with E-state index in [9.17, 15) is 4.79 Å². The van der Waals surface area contributed by atoms with Gasteiger partial charge in [-0.1, -0.05) is 25.1 Å². The van der Waals surface area contributed by atoms with E-state index in [4.69, 9.17) is 9.97 Å². The predicted octanol–water partition coefficient (Wildman–Crippen LogP) is 4.19. The highest BCUT2D eigenvalue weighted by Gasteiger charge is 2.24. The Kier molecular flexibility index (Phi) is 6.23. The number of piperazine rings is 1. The molecule has 1 unspecified atom stereocenters. The second-order valence-corrected chi connectivity index (χ2v) is 9.27. The average Bonchev–Trinajstić information content (AvgIpc) is 3.32. The molecule has 9 heteroatoms. The highest BCUT2D eigenvalue weighted by atomic mass is 16.2. The van der Waals surface area contributed by atoms with Crippen molar-refractivity contribution in [2.45, 2.75) is 46.2 Å². The monoisotopic (exact) mass is 472 g/mol. The van der Waals surface area contributed by atoms with Gasteiger partial charge in [-0.15, -0.1) is 0 Å². The number of nitrogens with zero attached hydrogens (tertiary/aromatic N) is 7. The Morgan fingerprint density at radius 3 is 2.57 bits per heavy atom. The van der Waals surface area contributed by atoms with Crippen molar-refractivity contribution in [2.24, 2.45) is 0 Å². The summed E-state index contributed by atoms with van der Waals surface area (Å²) in [5.41, 5.74) is 3.79. The van der Waals surface area contributed by atoms with Gasteiger partial charge in [-0.3, -0.25) is 14.5 Å². The van der Waals surface area contributed by atoms with Crippen LogP contribution in [0.15, 0.2) is 42.7 Å². The van der Waals surface area contributed by atoms with Gasteiger partial charge in [-0.2, -0.15) is 10.1 Å². The van der Waals surface area contributed by atoms with Crippen molar-refractivity contribution in [1.82, 2.24) is 29.6 Å². The quantitative estimate of drug-likeness (QED) is 0.450. The average molecular weight is 473 g/mol. The molecular formula is C26H32N8O. The van der Waals surface area contributed by atoms with Gasteiger partial charge in [-0.25, -0.2) is 4.98 Å². The largest absolute Gasteiger partial charge is 0.362 e. The predicted molar refractivity (Wildman–Crippen MR) is 139 cm³/mol. The van der Waals surface area contributed by atoms with Crippen LogP contribution in [-0.2, 0) is 4.79 Å². The number of fused-ring (bicyclic) bond motifs is 2. The number of pyridine rings is 1. The van der Waals surface area contributed by atoms with Gasteiger partial charge in [0.05, 0.1) is 17.8 Å². The molecule has 1 aromatic carbocycles. The molecule has 4 heterocycles. The van der Waals surface area contributed by atoms with Crippen LogP contribution in [0.2, 0.25) is 0 Å². The molecule has 0 saturated carbocycles. The summed E-state index contributed by atoms with van der Waals surface area (Å²) in [4.78, 5) is 30.3. The third kappa shape index (κ3) is 4.50. The minimum Gasteiger partial charge on any atom is -0.362 e. The minimum absolute atomic E-state index is 0.0205. The SMILES string of the molecule is CCC(C)n1ncc2nc(N3CCN(C(C)=O)CC3)nc(N[C@@H](C)c3cnc4ccccc4c3)c21. The van der Waals surface area contributed by atoms with E-state index in [1.807, 2.05) is 40.2 Å². The Morgan fingerprint density at radius 2 is 1.83 bits per heavy atom. The summed E-state index contributed by atoms with van der Waals surface area (Å²) in [6.07, 6.45) is 4.70. The fourth-order valence-corrected chi connectivity index (χ4v) is 4.53. The van der Waals surface area contributed by atoms with Crippen LogP contribution in [0.25, 0.3) is 21.9 Å². The number of hydrogen-bond donors (Lipinski definition) is 1. The highest BCUT2D eigenvalue weighted by molar-refractivity contribution is 5.87. The Hall–Kier alpha value is -3.75. The zero-order valence-electron chi connectivity index (χ0n) is 20.8. The maximum Gasteiger partial charge on any atom is 0.228 e. The fraction of sp³-hybridized carbons (Fsp3) is 0.423. The molecule has 35 heavy (non-hydrogen) atoms. The van der Waals surface area contributed by atoms with E-state index in [1.54, 1.807) is 6.92 Å². The lowest BCUT2D eigenvalue weighted by molar-refractivity contribution is -0.129. The maximum absolute atomic E-state index is 11.8. The number of carbonyl (C=O) groups is 1. The van der Waals surface area contributed by atoms with E-state index in [1.165, 1.54) is 0 Å². The van der Waals surface area contributed by atoms with Crippen molar-refractivity contribution < 1.29 is 4.79 Å². The molecule has 182 valence electrons. The topological polar surface area (TPSA) is 92.1 Å². The normalized spacial score (nSPS) is 16.0. The molecular weight excluding hydrogens is 440 g/mol. The molecule has 9 nitrogen and oxygen atoms in total. The zero-order chi connectivity index (χ0) is 24.5. The van der Waals surface area contributed by atoms with E-state index in [0.29, 0.717) is 32.1 Å². The van der Waals surface area contributed by atoms with Crippen LogP contribution in [0.1, 0.15) is 51.8 Å². The summed E-state index contributed by atoms with van der Waals surface area (Å²) in [5, 5.41) is 9.41. The molecule has 5 rings (SSSR count). The van der Waals surface area contributed by atoms with Gasteiger partial charge in [0.15, 0.2) is 5.82 Å². The van der Waals surface area contributed by atoms with Crippen molar-refractivity contribution in [2.75, 3.05) is 36.4 Å². The summed E-state index contributed by atoms with van der Waals surface area (Å²) in [5.74, 6) is 1.53. The van der Waals surface area contributed by atoms with E-state index in [2.05, 4.69) is 53.2 Å². The Bertz CT molecular complexity index is 1360. The van der Waals surface area contributed by atoms with Gasteiger partial charge in [0, 0.05) is 50.7 Å². The standard InChI is InChI=1S/C26H32N8O/c1-5-17(2)34-24-23(16-28-34)30-26(33-12-10-32(11-13-33)19(4)35)31-25(24)29-18(3)21-14-20-8-6-7-9-22(20)27-15-21/h6-9,14-18H,5,10-13H2,1-4H3,(H,29,30,31)/t17?,18-/m0/s1. The number of nitrogens with one attached hydrogen (secondary N) is 1. The lowest BCUT2D eigenvalue weighted by Crippen LogP contribution is -2.48. The maximum atomic E-state index is 11.8. The Morgan fingerprint density at radius 1 is 1.06 bits per heavy atom. The molecule has 0 bridgehead atoms. The van der Waals surface area contributed by atoms with E-state index in [-0.39, 0.29) is 18.0 Å². The summed E-state index contributed by atoms with van der Waals surface area (Å²) in [6.45, 7) is 10.8. The van der Waals surface area contributed by atoms with Crippen LogP contribution >= 0.6 is 0 Å². The molecule has 1 amide bonds. The number of benzene rings is 1. The highest BCUT2D eigenvalue weighted by Crippen LogP contribution is 2.30. The Labute approximate surface area is 205 Å². The molecule has 0 spiro atoms. The molecule has 1 aliphatic heterocycles. The minimum atomic E-state index is -0.0205. The van der Waals surface area contributed by atoms with Gasteiger partial charge in [0.1, 0.15) is 11.0 Å². The first-order valence-corrected chi connectivity index (χ1v) is 12.3. The molecule has 0 radical (unpaired) electrons. The molecule has 1 aliphatic rings. The molecule has 1 saturated heterocycles. The van der Waals surface area contributed by atoms with Crippen LogP contribution in [0.5, 0.6) is 0 Å². The van der Waals surface area contributed by atoms with Crippen molar-refractivity contribution in [3.05, 3.63) is 48.3 Å². The van der Waals surface area contributed by atoms with Gasteiger partial charge < -0.3 is 15.1 Å². The summed E-state index contributed by atoms with van der Waals surface area (Å²) >= 11 is 0. The molecule has 2 atom stereocenters. The van der Waals surface area contributed by atoms with Crippen molar-refractivity contribution in [1.29, 1.82) is 0 Å². The van der Waals surface area contributed by atoms with Crippen molar-refractivity contribution in [3.63, 3.8) is 0 Å². The first-order chi connectivity index (χ1) is 16.9. The summed E-state index contributed by atoms with van der Waals surface area (Å²) in [7, 11) is 0. The van der Waals surface area contributed by atoms with Crippen LogP contribution in [0, 0.1) is 0 Å². The van der Waals surface area contributed by atoms with E-state index < -0.39 is 0 Å². The first kappa shape index (κ1) is 23.0. The number of amides is 1. The number of hydrogen-bond acceptors (Lipinski definition) is 7. The summed E-state index contributed by atoms with van der Waals surface area (Å²) in [6, 6.07) is 10.5. The van der Waals surface area contributed by atoms with Gasteiger partial charge in [0.25, 0.3) is 0 Å². The van der Waals surface area contributed by atoms with Crippen LogP contribution in [-0.4, -0.2) is 61.7 Å². The first-order valence-electron chi connectivity index (χ1n) is 12.3. The zero-order valence-corrected chi connectivity index (χ0v) is 20.8. The number of para-hydroxylation sites is 1. The number of aromatic nitrogens is 5. The molecule has 3 aromatic heterocycles. The third-order valence-corrected chi connectivity index (χ3v) is 6.91. The molecule has 1 fully saturated rings. The fourth-order valence-electron chi connectivity index (χ4n) is 4.53. The summed E-state index contributed by atoms with van der Waals surface area (Å²) < 4.78 is 2.01. The lowest BCUT2D eigenvalue weighted by atomic mass is 10.1. The van der Waals surface area contributed by atoms with Gasteiger partial charge in [0.2, 0.25) is 11.9 Å². The second-order valence-electron chi connectivity index (χ2n) is 9.27. The molecule has 1 N–H and O–H groups in total. The smallest absolute Gasteiger partial charge is 0.228 e. The van der Waals surface area contributed by atoms with Gasteiger partial charge >= 0.3 is 0 Å². The number of carbonyl (C=O) groups excluding carboxylic acids is 1. The molecule has 0 aliphatic carbocycles. The van der Waals surface area contributed by atoms with Crippen molar-refractivity contribution >= 4 is 39.6 Å². The van der Waals surface area contributed by atoms with Crippen LogP contribution in [0.3, 0.4) is 0 Å². The van der Waals surface area contributed by atoms with Crippen LogP contribution in [0.4, 0.5) is 11.8 Å². The Balaban J connectivity index is 1.51. The van der Waals surface area contributed by atoms with Crippen molar-refractivity contribution in [3.8, 4) is 0 Å².